The lowest BCUT2D eigenvalue weighted by atomic mass is 9.99. The number of nitrogens with zero attached hydrogens (tertiary/aromatic N) is 5. The Morgan fingerprint density at radius 2 is 2.03 bits per heavy atom. The number of fused-ring (bicyclic) bond motifs is 3. The second kappa shape index (κ2) is 9.59. The molecule has 1 atom stereocenters. The Bertz CT molecular complexity index is 1250. The summed E-state index contributed by atoms with van der Waals surface area (Å²) in [5, 5.41) is 19.1. The highest BCUT2D eigenvalue weighted by Crippen LogP contribution is 2.45. The molecular formula is C25H25N5O2S. The van der Waals surface area contributed by atoms with E-state index in [0.29, 0.717) is 33.5 Å². The Morgan fingerprint density at radius 3 is 2.76 bits per heavy atom. The van der Waals surface area contributed by atoms with E-state index in [1.165, 1.54) is 18.7 Å². The Balaban J connectivity index is 1.96. The number of benzene rings is 2. The van der Waals surface area contributed by atoms with Crippen molar-refractivity contribution in [2.24, 2.45) is 0 Å². The van der Waals surface area contributed by atoms with E-state index in [0.717, 1.165) is 35.3 Å². The average molecular weight is 460 g/mol. The Kier molecular flexibility index (Phi) is 6.61. The molecule has 8 heteroatoms. The Morgan fingerprint density at radius 1 is 1.24 bits per heavy atom. The van der Waals surface area contributed by atoms with Gasteiger partial charge in [0.25, 0.3) is 0 Å². The summed E-state index contributed by atoms with van der Waals surface area (Å²) in [4.78, 5) is 19.3. The Hall–Kier alpha value is -3.44. The van der Waals surface area contributed by atoms with Gasteiger partial charge in [-0.1, -0.05) is 54.9 Å². The molecule has 7 nitrogen and oxygen atoms in total. The highest BCUT2D eigenvalue weighted by atomic mass is 32.2. The van der Waals surface area contributed by atoms with E-state index in [9.17, 15) is 10.1 Å². The van der Waals surface area contributed by atoms with Gasteiger partial charge in [-0.3, -0.25) is 9.69 Å². The van der Waals surface area contributed by atoms with Gasteiger partial charge in [0.15, 0.2) is 5.69 Å². The highest BCUT2D eigenvalue weighted by Gasteiger charge is 2.36. The van der Waals surface area contributed by atoms with Crippen molar-refractivity contribution in [1.29, 1.82) is 5.26 Å². The van der Waals surface area contributed by atoms with Crippen molar-refractivity contribution in [2.75, 3.05) is 10.7 Å². The van der Waals surface area contributed by atoms with Gasteiger partial charge in [-0.15, -0.1) is 10.2 Å². The molecule has 33 heavy (non-hydrogen) atoms. The number of rotatable bonds is 5. The summed E-state index contributed by atoms with van der Waals surface area (Å²) >= 11 is 1.53. The number of hydrogen-bond acceptors (Lipinski definition) is 7. The highest BCUT2D eigenvalue weighted by molar-refractivity contribution is 7.99. The molecule has 2 heterocycles. The second-order valence-electron chi connectivity index (χ2n) is 7.99. The Labute approximate surface area is 197 Å². The van der Waals surface area contributed by atoms with Crippen LogP contribution in [0.15, 0.2) is 41.6 Å². The maximum Gasteiger partial charge on any atom is 0.247 e. The number of amides is 1. The lowest BCUT2D eigenvalue weighted by Gasteiger charge is -2.31. The summed E-state index contributed by atoms with van der Waals surface area (Å²) in [5.41, 5.74) is 4.86. The number of hydrogen-bond donors (Lipinski definition) is 0. The number of aromatic nitrogens is 3. The molecule has 1 amide bonds. The van der Waals surface area contributed by atoms with Crippen molar-refractivity contribution >= 4 is 23.4 Å². The maximum atomic E-state index is 13.0. The van der Waals surface area contributed by atoms with Crippen LogP contribution in [0.2, 0.25) is 0 Å². The summed E-state index contributed by atoms with van der Waals surface area (Å²) in [6.07, 6.45) is 1.25. The molecule has 1 unspecified atom stereocenters. The third-order valence-corrected chi connectivity index (χ3v) is 6.37. The molecule has 0 fully saturated rings. The van der Waals surface area contributed by atoms with Crippen molar-refractivity contribution < 1.29 is 9.53 Å². The van der Waals surface area contributed by atoms with Gasteiger partial charge in [-0.2, -0.15) is 10.2 Å². The third-order valence-electron chi connectivity index (χ3n) is 5.45. The van der Waals surface area contributed by atoms with E-state index in [1.54, 1.807) is 23.1 Å². The van der Waals surface area contributed by atoms with Gasteiger partial charge >= 0.3 is 0 Å². The van der Waals surface area contributed by atoms with Crippen molar-refractivity contribution in [2.45, 2.75) is 51.9 Å². The lowest BCUT2D eigenvalue weighted by molar-refractivity contribution is -0.118. The molecule has 3 aromatic rings. The maximum absolute atomic E-state index is 13.0. The summed E-state index contributed by atoms with van der Waals surface area (Å²) < 4.78 is 6.41. The van der Waals surface area contributed by atoms with E-state index < -0.39 is 6.23 Å². The summed E-state index contributed by atoms with van der Waals surface area (Å²) in [7, 11) is 0. The molecule has 1 aliphatic rings. The van der Waals surface area contributed by atoms with Crippen molar-refractivity contribution in [3.05, 3.63) is 58.7 Å². The number of carbonyl (C=O) groups excluding carboxylic acids is 1. The van der Waals surface area contributed by atoms with Gasteiger partial charge < -0.3 is 4.74 Å². The van der Waals surface area contributed by atoms with Gasteiger partial charge in [0.2, 0.25) is 23.2 Å². The first-order chi connectivity index (χ1) is 15.9. The molecule has 0 spiro atoms. The minimum Gasteiger partial charge on any atom is -0.447 e. The van der Waals surface area contributed by atoms with Gasteiger partial charge in [-0.25, -0.2) is 0 Å². The number of unbranched alkanes of at least 4 members (excludes halogenated alkanes) is 1. The number of anilines is 1. The molecule has 1 aliphatic heterocycles. The van der Waals surface area contributed by atoms with Crippen LogP contribution in [0.3, 0.4) is 0 Å². The van der Waals surface area contributed by atoms with Crippen LogP contribution >= 0.6 is 11.8 Å². The van der Waals surface area contributed by atoms with Crippen molar-refractivity contribution in [1.82, 2.24) is 15.2 Å². The van der Waals surface area contributed by atoms with Crippen LogP contribution in [0.4, 0.5) is 5.69 Å². The SMILES string of the molecule is CCCCSc1nnc2c(n1)OC(c1ccccc1C#N)N(C(C)=O)c1c(C)cc(C)cc1-2. The molecule has 1 aromatic heterocycles. The van der Waals surface area contributed by atoms with Crippen LogP contribution in [0.25, 0.3) is 11.3 Å². The first-order valence-electron chi connectivity index (χ1n) is 10.9. The van der Waals surface area contributed by atoms with E-state index in [2.05, 4.69) is 28.2 Å². The zero-order valence-corrected chi connectivity index (χ0v) is 19.9. The number of carbonyl (C=O) groups is 1. The molecule has 2 aromatic carbocycles. The van der Waals surface area contributed by atoms with E-state index in [1.807, 2.05) is 32.0 Å². The fraction of sp³-hybridized carbons (Fsp3) is 0.320. The molecule has 168 valence electrons. The first-order valence-corrected chi connectivity index (χ1v) is 11.9. The van der Waals surface area contributed by atoms with Crippen molar-refractivity contribution in [3.63, 3.8) is 0 Å². The third kappa shape index (κ3) is 4.41. The van der Waals surface area contributed by atoms with Gasteiger partial charge in [0.1, 0.15) is 0 Å². The zero-order valence-electron chi connectivity index (χ0n) is 19.1. The van der Waals surface area contributed by atoms with E-state index in [4.69, 9.17) is 4.74 Å². The molecule has 0 aliphatic carbocycles. The normalized spacial score (nSPS) is 14.5. The van der Waals surface area contributed by atoms with Crippen LogP contribution < -0.4 is 9.64 Å². The number of nitriles is 1. The molecule has 0 saturated carbocycles. The van der Waals surface area contributed by atoms with Gasteiger partial charge in [0, 0.05) is 23.8 Å². The lowest BCUT2D eigenvalue weighted by Crippen LogP contribution is -2.37. The van der Waals surface area contributed by atoms with Crippen LogP contribution in [-0.4, -0.2) is 26.8 Å². The molecule has 0 bridgehead atoms. The van der Waals surface area contributed by atoms with Gasteiger partial charge in [0.05, 0.1) is 17.3 Å². The average Bonchev–Trinajstić information content (AvgIpc) is 2.94. The summed E-state index contributed by atoms with van der Waals surface area (Å²) in [6, 6.07) is 13.4. The topological polar surface area (TPSA) is 92.0 Å². The van der Waals surface area contributed by atoms with Crippen molar-refractivity contribution in [3.8, 4) is 23.2 Å². The molecule has 0 saturated heterocycles. The number of ether oxygens (including phenoxy) is 1. The standard InChI is InChI=1S/C25H25N5O2S/c1-5-6-11-33-25-27-23-21(28-29-25)20-13-15(2)12-16(3)22(20)30(17(4)31)24(32-23)19-10-8-7-9-18(19)14-26/h7-10,12-13,24H,5-6,11H2,1-4H3. The smallest absolute Gasteiger partial charge is 0.247 e. The predicted molar refractivity (Wildman–Crippen MR) is 128 cm³/mol. The number of aryl methyl sites for hydroxylation is 2. The van der Waals surface area contributed by atoms with Crippen LogP contribution in [0.1, 0.15) is 55.2 Å². The first kappa shape index (κ1) is 22.7. The molecular weight excluding hydrogens is 434 g/mol. The largest absolute Gasteiger partial charge is 0.447 e. The quantitative estimate of drug-likeness (QED) is 0.374. The van der Waals surface area contributed by atoms with Crippen LogP contribution in [-0.2, 0) is 4.79 Å². The van der Waals surface area contributed by atoms with Crippen LogP contribution in [0.5, 0.6) is 5.88 Å². The zero-order chi connectivity index (χ0) is 23.5. The minimum absolute atomic E-state index is 0.209. The van der Waals surface area contributed by atoms with E-state index >= 15 is 0 Å². The molecule has 0 radical (unpaired) electrons. The summed E-state index contributed by atoms with van der Waals surface area (Å²) in [5.74, 6) is 0.975. The monoisotopic (exact) mass is 459 g/mol. The summed E-state index contributed by atoms with van der Waals surface area (Å²) in [6.45, 7) is 7.58. The fourth-order valence-electron chi connectivity index (χ4n) is 3.99. The fourth-order valence-corrected chi connectivity index (χ4v) is 4.85. The predicted octanol–water partition coefficient (Wildman–Crippen LogP) is 5.36. The molecule has 4 rings (SSSR count). The number of thioether (sulfide) groups is 1. The minimum atomic E-state index is -0.870. The van der Waals surface area contributed by atoms with E-state index in [-0.39, 0.29) is 5.91 Å². The van der Waals surface area contributed by atoms with Gasteiger partial charge in [-0.05, 0) is 38.0 Å². The molecule has 0 N–H and O–H groups in total. The second-order valence-corrected chi connectivity index (χ2v) is 9.05. The van der Waals surface area contributed by atoms with Crippen LogP contribution in [0, 0.1) is 25.2 Å².